The van der Waals surface area contributed by atoms with Crippen LogP contribution in [0.2, 0.25) is 0 Å². The fourth-order valence-corrected chi connectivity index (χ4v) is 17.6. The van der Waals surface area contributed by atoms with Gasteiger partial charge in [0.15, 0.2) is 11.6 Å². The standard InChI is InChI=1S/C58H39N3.C52H37N3/c1-4-15-44(16-5-1)57-60-54(38-55(61-57)43-34-30-41(31-35-43)47-19-14-36-59-39-47)42-32-28-40(29-33-42)45-17-12-18-46(37-45)50-25-13-27-53-56(50)51-24-10-11-26-52(51)58(53,48-20-6-2-7-21-48)49-22-8-3-9-23-49;1-52(2)45-19-9-18-44(50(45)49-43-17-7-6-11-36(43)28-29-46(49)52)41-15-8-14-40(31-41)34-20-24-37(25-21-34)47-32-48(55-51(54-47)39-12-4-3-5-13-39)38-26-22-35(23-27-38)42-16-10-30-53-33-42/h1-39H;3-33H,1-2H3. The van der Waals surface area contributed by atoms with Gasteiger partial charge in [0.05, 0.1) is 28.2 Å². The number of benzene rings is 15. The highest BCUT2D eigenvalue weighted by molar-refractivity contribution is 6.07. The quantitative estimate of drug-likeness (QED) is 0.108. The van der Waals surface area contributed by atoms with Crippen molar-refractivity contribution in [1.29, 1.82) is 0 Å². The van der Waals surface area contributed by atoms with E-state index in [0.717, 1.165) is 95.1 Å². The molecule has 0 spiro atoms. The Morgan fingerprint density at radius 2 is 0.552 bits per heavy atom. The molecule has 0 aliphatic heterocycles. The van der Waals surface area contributed by atoms with Crippen molar-refractivity contribution in [2.45, 2.75) is 24.7 Å². The van der Waals surface area contributed by atoms with E-state index in [9.17, 15) is 0 Å². The second-order valence-corrected chi connectivity index (χ2v) is 30.4. The first kappa shape index (κ1) is 70.2. The lowest BCUT2D eigenvalue weighted by Gasteiger charge is -2.34. The van der Waals surface area contributed by atoms with Gasteiger partial charge in [0.2, 0.25) is 0 Å². The molecule has 0 saturated heterocycles. The van der Waals surface area contributed by atoms with Gasteiger partial charge in [-0.05, 0) is 170 Å². The fourth-order valence-electron chi connectivity index (χ4n) is 17.6. The van der Waals surface area contributed by atoms with E-state index < -0.39 is 5.41 Å². The molecule has 4 heterocycles. The number of hydrogen-bond acceptors (Lipinski definition) is 6. The van der Waals surface area contributed by atoms with Gasteiger partial charge in [0.1, 0.15) is 0 Å². The summed E-state index contributed by atoms with van der Waals surface area (Å²) in [6.45, 7) is 4.72. The van der Waals surface area contributed by atoms with Crippen LogP contribution in [0.4, 0.5) is 0 Å². The van der Waals surface area contributed by atoms with Crippen LogP contribution in [0.25, 0.3) is 168 Å². The number of hydrogen-bond donors (Lipinski definition) is 0. The van der Waals surface area contributed by atoms with E-state index in [1.54, 1.807) is 12.4 Å². The first-order valence-corrected chi connectivity index (χ1v) is 39.6. The van der Waals surface area contributed by atoms with Crippen LogP contribution in [0, 0.1) is 0 Å². The topological polar surface area (TPSA) is 77.3 Å². The maximum absolute atomic E-state index is 5.11. The maximum atomic E-state index is 5.11. The van der Waals surface area contributed by atoms with Crippen molar-refractivity contribution in [1.82, 2.24) is 29.9 Å². The average Bonchev–Trinajstić information content (AvgIpc) is 1.54. The molecule has 116 heavy (non-hydrogen) atoms. The van der Waals surface area contributed by atoms with Crippen molar-refractivity contribution in [2.75, 3.05) is 0 Å². The zero-order chi connectivity index (χ0) is 77.5. The van der Waals surface area contributed by atoms with Gasteiger partial charge in [-0.3, -0.25) is 9.97 Å². The summed E-state index contributed by atoms with van der Waals surface area (Å²) in [5, 5.41) is 2.59. The molecule has 546 valence electrons. The molecule has 0 radical (unpaired) electrons. The van der Waals surface area contributed by atoms with E-state index in [-0.39, 0.29) is 5.41 Å². The molecule has 6 nitrogen and oxygen atoms in total. The molecule has 2 aliphatic carbocycles. The number of aromatic nitrogens is 6. The molecule has 0 unspecified atom stereocenters. The molecule has 15 aromatic carbocycles. The molecular formula is C110H76N6. The Kier molecular flexibility index (Phi) is 18.1. The van der Waals surface area contributed by atoms with Gasteiger partial charge in [-0.1, -0.05) is 378 Å². The molecule has 0 N–H and O–H groups in total. The minimum Gasteiger partial charge on any atom is -0.264 e. The van der Waals surface area contributed by atoms with E-state index in [0.29, 0.717) is 11.6 Å². The monoisotopic (exact) mass is 1480 g/mol. The van der Waals surface area contributed by atoms with E-state index in [4.69, 9.17) is 19.9 Å². The molecule has 0 saturated carbocycles. The van der Waals surface area contributed by atoms with E-state index in [2.05, 4.69) is 376 Å². The van der Waals surface area contributed by atoms with E-state index >= 15 is 0 Å². The van der Waals surface area contributed by atoms with Crippen LogP contribution >= 0.6 is 0 Å². The second-order valence-electron chi connectivity index (χ2n) is 30.4. The lowest BCUT2D eigenvalue weighted by Crippen LogP contribution is -2.28. The van der Waals surface area contributed by atoms with Crippen molar-refractivity contribution in [2.24, 2.45) is 0 Å². The fraction of sp³-hybridized carbons (Fsp3) is 0.0364. The average molecular weight is 1480 g/mol. The van der Waals surface area contributed by atoms with Crippen LogP contribution in [0.15, 0.2) is 425 Å². The lowest BCUT2D eigenvalue weighted by atomic mass is 9.67. The largest absolute Gasteiger partial charge is 0.264 e. The van der Waals surface area contributed by atoms with Gasteiger partial charge in [-0.15, -0.1) is 0 Å². The molecule has 0 fully saturated rings. The molecule has 2 aliphatic rings. The highest BCUT2D eigenvalue weighted by atomic mass is 14.9. The third-order valence-corrected chi connectivity index (χ3v) is 23.3. The summed E-state index contributed by atoms with van der Waals surface area (Å²) < 4.78 is 0. The molecule has 21 rings (SSSR count). The summed E-state index contributed by atoms with van der Waals surface area (Å²) in [4.78, 5) is 28.9. The van der Waals surface area contributed by atoms with Gasteiger partial charge < -0.3 is 0 Å². The second kappa shape index (κ2) is 29.9. The van der Waals surface area contributed by atoms with Crippen LogP contribution < -0.4 is 0 Å². The Labute approximate surface area is 676 Å². The SMILES string of the molecule is CC1(C)c2cccc(-c3cccc(-c4ccc(-c5cc(-c6ccc(-c7cccnc7)cc6)nc(-c6ccccc6)n5)cc4)c3)c2-c2c1ccc1ccccc21.c1ccc(-c2nc(-c3ccc(-c4cccnc4)cc3)cc(-c3ccc(-c4cccc(-c5cccc6c5-c5ccccc5C6(c5ccccc5)c5ccccc5)c4)cc3)n2)cc1. The molecule has 0 atom stereocenters. The number of rotatable bonds is 14. The Bertz CT molecular complexity index is 6800. The van der Waals surface area contributed by atoms with E-state index in [1.807, 2.05) is 60.9 Å². The Morgan fingerprint density at radius 3 is 1.02 bits per heavy atom. The Hall–Kier alpha value is -15.0. The Balaban J connectivity index is 0.000000150. The minimum atomic E-state index is -0.442. The summed E-state index contributed by atoms with van der Waals surface area (Å²) in [6.07, 6.45) is 7.37. The minimum absolute atomic E-state index is 0.0806. The molecule has 4 aromatic heterocycles. The highest BCUT2D eigenvalue weighted by Crippen LogP contribution is 2.59. The number of pyridine rings is 2. The first-order chi connectivity index (χ1) is 57.2. The summed E-state index contributed by atoms with van der Waals surface area (Å²) in [7, 11) is 0. The van der Waals surface area contributed by atoms with Crippen LogP contribution in [0.5, 0.6) is 0 Å². The first-order valence-electron chi connectivity index (χ1n) is 39.6. The lowest BCUT2D eigenvalue weighted by molar-refractivity contribution is 0.661. The normalized spacial score (nSPS) is 12.5. The Morgan fingerprint density at radius 1 is 0.207 bits per heavy atom. The molecule has 19 aromatic rings. The smallest absolute Gasteiger partial charge is 0.160 e. The summed E-state index contributed by atoms with van der Waals surface area (Å²) in [5.74, 6) is 1.40. The van der Waals surface area contributed by atoms with Gasteiger partial charge in [0.25, 0.3) is 0 Å². The summed E-state index contributed by atoms with van der Waals surface area (Å²) in [5.41, 5.74) is 36.3. The van der Waals surface area contributed by atoms with Crippen molar-refractivity contribution < 1.29 is 0 Å². The molecule has 0 amide bonds. The van der Waals surface area contributed by atoms with Crippen LogP contribution in [0.1, 0.15) is 47.2 Å². The molecule has 0 bridgehead atoms. The van der Waals surface area contributed by atoms with Gasteiger partial charge in [-0.25, -0.2) is 19.9 Å². The van der Waals surface area contributed by atoms with Crippen molar-refractivity contribution in [3.05, 3.63) is 459 Å². The number of nitrogens with zero attached hydrogens (tertiary/aromatic N) is 6. The van der Waals surface area contributed by atoms with Crippen LogP contribution in [-0.2, 0) is 10.8 Å². The zero-order valence-electron chi connectivity index (χ0n) is 64.1. The highest BCUT2D eigenvalue weighted by Gasteiger charge is 2.47. The van der Waals surface area contributed by atoms with Gasteiger partial charge >= 0.3 is 0 Å². The maximum Gasteiger partial charge on any atom is 0.160 e. The van der Waals surface area contributed by atoms with Gasteiger partial charge in [-0.2, -0.15) is 0 Å². The summed E-state index contributed by atoms with van der Waals surface area (Å²) in [6, 6.07) is 143. The predicted octanol–water partition coefficient (Wildman–Crippen LogP) is 27.6. The van der Waals surface area contributed by atoms with Crippen molar-refractivity contribution in [3.63, 3.8) is 0 Å². The molecule has 6 heteroatoms. The van der Waals surface area contributed by atoms with Crippen LogP contribution in [0.3, 0.4) is 0 Å². The van der Waals surface area contributed by atoms with E-state index in [1.165, 1.54) is 94.2 Å². The van der Waals surface area contributed by atoms with Crippen LogP contribution in [-0.4, -0.2) is 29.9 Å². The van der Waals surface area contributed by atoms with Crippen molar-refractivity contribution in [3.8, 4) is 157 Å². The van der Waals surface area contributed by atoms with Crippen molar-refractivity contribution >= 4 is 10.8 Å². The third-order valence-electron chi connectivity index (χ3n) is 23.3. The predicted molar refractivity (Wildman–Crippen MR) is 477 cm³/mol. The number of fused-ring (bicyclic) bond motifs is 8. The third kappa shape index (κ3) is 12.9. The zero-order valence-corrected chi connectivity index (χ0v) is 64.1. The molecular weight excluding hydrogens is 1410 g/mol. The summed E-state index contributed by atoms with van der Waals surface area (Å²) >= 11 is 0. The van der Waals surface area contributed by atoms with Gasteiger partial charge in [0, 0.05) is 63.6 Å².